The monoisotopic (exact) mass is 353 g/mol. The first kappa shape index (κ1) is 17.7. The molecule has 1 aromatic rings. The Morgan fingerprint density at radius 1 is 1.15 bits per heavy atom. The average molecular weight is 353 g/mol. The Bertz CT molecular complexity index is 891. The molecule has 6 nitrogen and oxygen atoms in total. The molecule has 0 saturated carbocycles. The van der Waals surface area contributed by atoms with Crippen LogP contribution in [0.25, 0.3) is 5.57 Å². The Balaban J connectivity index is 2.23. The fraction of sp³-hybridized carbons (Fsp3) is 0.250. The number of fused-ring (bicyclic) bond motifs is 1. The van der Waals surface area contributed by atoms with Crippen molar-refractivity contribution in [3.63, 3.8) is 0 Å². The molecule has 134 valence electrons. The van der Waals surface area contributed by atoms with Gasteiger partial charge in [0.25, 0.3) is 5.91 Å². The van der Waals surface area contributed by atoms with E-state index in [1.165, 1.54) is 25.0 Å². The van der Waals surface area contributed by atoms with Gasteiger partial charge >= 0.3 is 11.9 Å². The second-order valence-corrected chi connectivity index (χ2v) is 6.06. The molecule has 3 rings (SSSR count). The standard InChI is InChI=1S/C20H19NO5/c1-12(22)26-13-8-9-15-17(11-19(23)25-3)14-6-4-5-7-16(14)20(24)21(2)18(15)10-13/h4-7,10-11H,8-9H2,1-3H3. The summed E-state index contributed by atoms with van der Waals surface area (Å²) in [5.74, 6) is -0.592. The van der Waals surface area contributed by atoms with Gasteiger partial charge in [0.1, 0.15) is 5.76 Å². The maximum Gasteiger partial charge on any atom is 0.331 e. The molecule has 0 bridgehead atoms. The fourth-order valence-corrected chi connectivity index (χ4v) is 3.22. The van der Waals surface area contributed by atoms with Crippen LogP contribution in [0.5, 0.6) is 0 Å². The van der Waals surface area contributed by atoms with E-state index in [0.29, 0.717) is 41.0 Å². The van der Waals surface area contributed by atoms with Gasteiger partial charge in [-0.05, 0) is 29.2 Å². The van der Waals surface area contributed by atoms with Crippen LogP contribution in [0.3, 0.4) is 0 Å². The van der Waals surface area contributed by atoms with E-state index in [0.717, 1.165) is 5.57 Å². The van der Waals surface area contributed by atoms with E-state index in [9.17, 15) is 14.4 Å². The molecular formula is C20H19NO5. The molecule has 1 aliphatic heterocycles. The van der Waals surface area contributed by atoms with E-state index in [1.807, 2.05) is 12.1 Å². The second kappa shape index (κ2) is 7.00. The summed E-state index contributed by atoms with van der Waals surface area (Å²) >= 11 is 0. The van der Waals surface area contributed by atoms with E-state index in [-0.39, 0.29) is 5.91 Å². The molecule has 1 aromatic carbocycles. The summed E-state index contributed by atoms with van der Waals surface area (Å²) in [6, 6.07) is 7.15. The van der Waals surface area contributed by atoms with Gasteiger partial charge in [0.05, 0.1) is 12.8 Å². The summed E-state index contributed by atoms with van der Waals surface area (Å²) in [7, 11) is 2.98. The third-order valence-electron chi connectivity index (χ3n) is 4.41. The molecule has 0 spiro atoms. The van der Waals surface area contributed by atoms with Crippen LogP contribution in [0, 0.1) is 0 Å². The highest BCUT2D eigenvalue weighted by Crippen LogP contribution is 2.40. The van der Waals surface area contributed by atoms with E-state index in [1.54, 1.807) is 25.3 Å². The van der Waals surface area contributed by atoms with Gasteiger partial charge in [0.15, 0.2) is 0 Å². The zero-order valence-corrected chi connectivity index (χ0v) is 14.9. The Morgan fingerprint density at radius 3 is 2.50 bits per heavy atom. The van der Waals surface area contributed by atoms with Crippen molar-refractivity contribution < 1.29 is 23.9 Å². The lowest BCUT2D eigenvalue weighted by Gasteiger charge is -2.24. The van der Waals surface area contributed by atoms with Crippen LogP contribution < -0.4 is 0 Å². The van der Waals surface area contributed by atoms with Gasteiger partial charge in [-0.25, -0.2) is 4.79 Å². The molecule has 2 aliphatic rings. The van der Waals surface area contributed by atoms with Gasteiger partial charge in [-0.15, -0.1) is 0 Å². The van der Waals surface area contributed by atoms with Crippen molar-refractivity contribution >= 4 is 23.4 Å². The van der Waals surface area contributed by atoms with E-state index >= 15 is 0 Å². The number of carbonyl (C=O) groups is 3. The van der Waals surface area contributed by atoms with Crippen LogP contribution in [0.4, 0.5) is 0 Å². The SMILES string of the molecule is COC(=O)C=C1C2=C(C=C(OC(C)=O)CC2)N(C)C(=O)c2ccccc21. The van der Waals surface area contributed by atoms with E-state index in [4.69, 9.17) is 9.47 Å². The van der Waals surface area contributed by atoms with Gasteiger partial charge in [0, 0.05) is 38.1 Å². The molecule has 0 N–H and O–H groups in total. The van der Waals surface area contributed by atoms with Crippen LogP contribution in [0.15, 0.2) is 53.4 Å². The van der Waals surface area contributed by atoms with Gasteiger partial charge in [-0.1, -0.05) is 18.2 Å². The normalized spacial score (nSPS) is 18.0. The van der Waals surface area contributed by atoms with Gasteiger partial charge < -0.3 is 14.4 Å². The lowest BCUT2D eigenvalue weighted by molar-refractivity contribution is -0.137. The Labute approximate surface area is 151 Å². The summed E-state index contributed by atoms with van der Waals surface area (Å²) in [6.45, 7) is 1.34. The van der Waals surface area contributed by atoms with Crippen molar-refractivity contribution in [3.05, 3.63) is 64.6 Å². The minimum absolute atomic E-state index is 0.193. The third-order valence-corrected chi connectivity index (χ3v) is 4.41. The molecule has 1 aliphatic carbocycles. The van der Waals surface area contributed by atoms with Crippen molar-refractivity contribution in [2.75, 3.05) is 14.2 Å². The average Bonchev–Trinajstić information content (AvgIpc) is 2.71. The Morgan fingerprint density at radius 2 is 1.85 bits per heavy atom. The van der Waals surface area contributed by atoms with Gasteiger partial charge in [-0.2, -0.15) is 0 Å². The molecule has 0 radical (unpaired) electrons. The van der Waals surface area contributed by atoms with Crippen molar-refractivity contribution in [2.45, 2.75) is 19.8 Å². The Kier molecular flexibility index (Phi) is 4.75. The smallest absolute Gasteiger partial charge is 0.331 e. The predicted octanol–water partition coefficient (Wildman–Crippen LogP) is 2.82. The van der Waals surface area contributed by atoms with Crippen molar-refractivity contribution in [2.24, 2.45) is 0 Å². The van der Waals surface area contributed by atoms with Gasteiger partial charge in [0.2, 0.25) is 0 Å². The first-order valence-electron chi connectivity index (χ1n) is 8.22. The quantitative estimate of drug-likeness (QED) is 0.604. The van der Waals surface area contributed by atoms with E-state index < -0.39 is 11.9 Å². The summed E-state index contributed by atoms with van der Waals surface area (Å²) in [4.78, 5) is 37.7. The number of amides is 1. The van der Waals surface area contributed by atoms with Crippen LogP contribution in [0.1, 0.15) is 35.7 Å². The second-order valence-electron chi connectivity index (χ2n) is 6.06. The van der Waals surface area contributed by atoms with Crippen molar-refractivity contribution in [1.29, 1.82) is 0 Å². The number of esters is 2. The first-order valence-corrected chi connectivity index (χ1v) is 8.22. The number of ether oxygens (including phenoxy) is 2. The largest absolute Gasteiger partial charge is 0.466 e. The highest BCUT2D eigenvalue weighted by molar-refractivity contribution is 6.07. The number of methoxy groups -OCH3 is 1. The molecule has 0 saturated heterocycles. The summed E-state index contributed by atoms with van der Waals surface area (Å²) in [5.41, 5.74) is 3.29. The maximum atomic E-state index is 12.9. The number of likely N-dealkylation sites (N-methyl/N-ethyl adjacent to an activating group) is 1. The highest BCUT2D eigenvalue weighted by atomic mass is 16.5. The number of hydrogen-bond acceptors (Lipinski definition) is 5. The summed E-state index contributed by atoms with van der Waals surface area (Å²) in [6.07, 6.45) is 4.13. The van der Waals surface area contributed by atoms with Crippen LogP contribution in [-0.4, -0.2) is 36.9 Å². The number of rotatable bonds is 2. The lowest BCUT2D eigenvalue weighted by atomic mass is 9.88. The zero-order valence-electron chi connectivity index (χ0n) is 14.9. The number of nitrogens with zero attached hydrogens (tertiary/aromatic N) is 1. The fourth-order valence-electron chi connectivity index (χ4n) is 3.22. The van der Waals surface area contributed by atoms with Crippen molar-refractivity contribution in [1.82, 2.24) is 4.90 Å². The first-order chi connectivity index (χ1) is 12.4. The molecule has 0 aromatic heterocycles. The van der Waals surface area contributed by atoms with Crippen molar-refractivity contribution in [3.8, 4) is 0 Å². The van der Waals surface area contributed by atoms with Gasteiger partial charge in [-0.3, -0.25) is 9.59 Å². The number of carbonyl (C=O) groups excluding carboxylic acids is 3. The summed E-state index contributed by atoms with van der Waals surface area (Å²) in [5, 5.41) is 0. The number of benzene rings is 1. The molecule has 0 atom stereocenters. The zero-order chi connectivity index (χ0) is 18.8. The Hall–Kier alpha value is -3.15. The minimum Gasteiger partial charge on any atom is -0.466 e. The number of allylic oxidation sites excluding steroid dienone is 4. The lowest BCUT2D eigenvalue weighted by Crippen LogP contribution is -2.26. The minimum atomic E-state index is -0.492. The summed E-state index contributed by atoms with van der Waals surface area (Å²) < 4.78 is 10.0. The highest BCUT2D eigenvalue weighted by Gasteiger charge is 2.31. The predicted molar refractivity (Wildman–Crippen MR) is 94.6 cm³/mol. The third kappa shape index (κ3) is 3.18. The molecule has 1 heterocycles. The molecule has 26 heavy (non-hydrogen) atoms. The van der Waals surface area contributed by atoms with Crippen LogP contribution in [0.2, 0.25) is 0 Å². The molecule has 1 amide bonds. The van der Waals surface area contributed by atoms with Crippen LogP contribution in [-0.2, 0) is 19.1 Å². The number of hydrogen-bond donors (Lipinski definition) is 0. The molecule has 0 fully saturated rings. The maximum absolute atomic E-state index is 12.9. The molecule has 0 unspecified atom stereocenters. The van der Waals surface area contributed by atoms with Crippen LogP contribution >= 0.6 is 0 Å². The van der Waals surface area contributed by atoms with E-state index in [2.05, 4.69) is 0 Å². The molecular weight excluding hydrogens is 334 g/mol. The topological polar surface area (TPSA) is 72.9 Å². The molecule has 6 heteroatoms.